The lowest BCUT2D eigenvalue weighted by molar-refractivity contribution is -0.137. The Bertz CT molecular complexity index is 1200. The van der Waals surface area contributed by atoms with Gasteiger partial charge < -0.3 is 14.7 Å². The average molecular weight is 535 g/mol. The highest BCUT2D eigenvalue weighted by Crippen LogP contribution is 2.42. The quantitative estimate of drug-likeness (QED) is 0.425. The van der Waals surface area contributed by atoms with Crippen LogP contribution in [0.2, 0.25) is 5.02 Å². The van der Waals surface area contributed by atoms with E-state index in [-0.39, 0.29) is 12.2 Å². The molecule has 0 radical (unpaired) electrons. The summed E-state index contributed by atoms with van der Waals surface area (Å²) in [7, 11) is -5.23. The summed E-state index contributed by atoms with van der Waals surface area (Å²) in [4.78, 5) is -0.967. The number of ether oxygens (including phenoxy) is 1. The van der Waals surface area contributed by atoms with Gasteiger partial charge in [-0.15, -0.1) is 0 Å². The maximum atomic E-state index is 13.4. The van der Waals surface area contributed by atoms with Gasteiger partial charge in [0, 0.05) is 13.7 Å². The van der Waals surface area contributed by atoms with E-state index in [4.69, 9.17) is 16.3 Å². The zero-order valence-electron chi connectivity index (χ0n) is 17.7. The van der Waals surface area contributed by atoms with Crippen molar-refractivity contribution < 1.29 is 44.6 Å². The van der Waals surface area contributed by atoms with E-state index in [0.717, 1.165) is 14.0 Å². The van der Waals surface area contributed by atoms with Crippen LogP contribution in [0, 0.1) is 18.3 Å². The monoisotopic (exact) mass is 534 g/mol. The molecule has 0 amide bonds. The van der Waals surface area contributed by atoms with Gasteiger partial charge in [0.15, 0.2) is 22.6 Å². The molecule has 1 heterocycles. The Morgan fingerprint density at radius 1 is 1.29 bits per heavy atom. The van der Waals surface area contributed by atoms with Gasteiger partial charge in [0.1, 0.15) is 6.07 Å². The molecular formula is C18H17ClF6N4O4S. The van der Waals surface area contributed by atoms with Crippen molar-refractivity contribution in [2.24, 2.45) is 0 Å². The van der Waals surface area contributed by atoms with Gasteiger partial charge in [0.2, 0.25) is 0 Å². The number of hydrogen-bond acceptors (Lipinski definition) is 7. The molecule has 8 nitrogen and oxygen atoms in total. The maximum Gasteiger partial charge on any atom is 0.502 e. The van der Waals surface area contributed by atoms with Crippen LogP contribution in [0.3, 0.4) is 0 Å². The third-order valence-electron chi connectivity index (χ3n) is 4.54. The molecule has 0 saturated heterocycles. The van der Waals surface area contributed by atoms with Gasteiger partial charge in [-0.1, -0.05) is 11.6 Å². The highest BCUT2D eigenvalue weighted by molar-refractivity contribution is 7.92. The number of aryl methyl sites for hydroxylation is 1. The van der Waals surface area contributed by atoms with E-state index in [1.54, 1.807) is 6.92 Å². The second kappa shape index (κ2) is 9.61. The van der Waals surface area contributed by atoms with Crippen LogP contribution in [0.15, 0.2) is 17.0 Å². The standard InChI is InChI=1S/C18H17ClF6N4O4S/c1-4-33-8-13(30)28(3)16-15(34(31,32)18(23,24)25)12(7-26)27-29(16)14-9(2)5-10(6-11(14)19)17(20,21)22/h5-6,13,30H,4,8H2,1-3H3. The fraction of sp³-hybridized carbons (Fsp3) is 0.444. The number of anilines is 1. The minimum absolute atomic E-state index is 0.0884. The van der Waals surface area contributed by atoms with Gasteiger partial charge in [-0.05, 0) is 31.5 Å². The number of aliphatic hydroxyl groups excluding tert-OH is 1. The Kier molecular flexibility index (Phi) is 7.83. The van der Waals surface area contributed by atoms with Crippen molar-refractivity contribution in [3.8, 4) is 11.8 Å². The summed E-state index contributed by atoms with van der Waals surface area (Å²) >= 11 is 6.00. The number of hydrogen-bond donors (Lipinski definition) is 1. The third-order valence-corrected chi connectivity index (χ3v) is 6.35. The average Bonchev–Trinajstić information content (AvgIpc) is 3.09. The molecule has 0 aliphatic carbocycles. The van der Waals surface area contributed by atoms with Crippen molar-refractivity contribution in [2.45, 2.75) is 36.7 Å². The predicted molar refractivity (Wildman–Crippen MR) is 107 cm³/mol. The molecule has 1 N–H and O–H groups in total. The van der Waals surface area contributed by atoms with Gasteiger partial charge >= 0.3 is 11.7 Å². The lowest BCUT2D eigenvalue weighted by Crippen LogP contribution is -2.38. The molecule has 2 aromatic rings. The first-order chi connectivity index (χ1) is 15.5. The van der Waals surface area contributed by atoms with Gasteiger partial charge in [-0.3, -0.25) is 0 Å². The number of halogens is 7. The molecule has 0 saturated carbocycles. The van der Waals surface area contributed by atoms with Crippen molar-refractivity contribution >= 4 is 27.3 Å². The van der Waals surface area contributed by atoms with Crippen LogP contribution in [0.25, 0.3) is 5.69 Å². The van der Waals surface area contributed by atoms with E-state index in [2.05, 4.69) is 5.10 Å². The Morgan fingerprint density at radius 2 is 1.88 bits per heavy atom. The van der Waals surface area contributed by atoms with Crippen LogP contribution in [0.5, 0.6) is 0 Å². The molecule has 188 valence electrons. The van der Waals surface area contributed by atoms with E-state index >= 15 is 0 Å². The second-order valence-electron chi connectivity index (χ2n) is 6.85. The number of aromatic nitrogens is 2. The molecule has 34 heavy (non-hydrogen) atoms. The van der Waals surface area contributed by atoms with E-state index in [1.165, 1.54) is 6.07 Å². The van der Waals surface area contributed by atoms with Crippen LogP contribution < -0.4 is 4.90 Å². The van der Waals surface area contributed by atoms with E-state index in [9.17, 15) is 45.1 Å². The maximum absolute atomic E-state index is 13.4. The third kappa shape index (κ3) is 5.09. The van der Waals surface area contributed by atoms with Gasteiger partial charge in [-0.25, -0.2) is 13.1 Å². The second-order valence-corrected chi connectivity index (χ2v) is 9.13. The van der Waals surface area contributed by atoms with Gasteiger partial charge in [0.05, 0.1) is 22.9 Å². The topological polar surface area (TPSA) is 108 Å². The molecule has 0 bridgehead atoms. The normalized spacial score (nSPS) is 13.6. The number of benzene rings is 1. The van der Waals surface area contributed by atoms with E-state index < -0.39 is 67.0 Å². The molecule has 0 aliphatic heterocycles. The van der Waals surface area contributed by atoms with Crippen molar-refractivity contribution in [1.82, 2.24) is 9.78 Å². The first-order valence-electron chi connectivity index (χ1n) is 9.19. The summed E-state index contributed by atoms with van der Waals surface area (Å²) in [6, 6.07) is 2.33. The van der Waals surface area contributed by atoms with E-state index in [1.807, 2.05) is 0 Å². The highest BCUT2D eigenvalue weighted by Gasteiger charge is 2.52. The minimum atomic E-state index is -6.22. The number of nitriles is 1. The molecule has 16 heteroatoms. The molecule has 1 unspecified atom stereocenters. The zero-order valence-corrected chi connectivity index (χ0v) is 19.2. The van der Waals surface area contributed by atoms with Crippen molar-refractivity contribution in [3.63, 3.8) is 0 Å². The molecule has 1 atom stereocenters. The number of alkyl halides is 6. The molecule has 0 spiro atoms. The molecule has 2 rings (SSSR count). The Hall–Kier alpha value is -2.54. The number of sulfone groups is 1. The van der Waals surface area contributed by atoms with Gasteiger partial charge in [-0.2, -0.15) is 36.7 Å². The van der Waals surface area contributed by atoms with Crippen LogP contribution >= 0.6 is 11.6 Å². The van der Waals surface area contributed by atoms with Crippen molar-refractivity contribution in [1.29, 1.82) is 5.26 Å². The first-order valence-corrected chi connectivity index (χ1v) is 11.1. The predicted octanol–water partition coefficient (Wildman–Crippen LogP) is 3.81. The Morgan fingerprint density at radius 3 is 2.32 bits per heavy atom. The summed E-state index contributed by atoms with van der Waals surface area (Å²) in [6.07, 6.45) is -6.55. The lowest BCUT2D eigenvalue weighted by atomic mass is 10.1. The van der Waals surface area contributed by atoms with Gasteiger partial charge in [0.25, 0.3) is 9.84 Å². The molecule has 1 aromatic carbocycles. The van der Waals surface area contributed by atoms with E-state index in [0.29, 0.717) is 21.7 Å². The molecule has 0 fully saturated rings. The lowest BCUT2D eigenvalue weighted by Gasteiger charge is -2.27. The Balaban J connectivity index is 2.97. The SMILES string of the molecule is CCOCC(O)N(C)c1c(S(=O)(=O)C(F)(F)F)c(C#N)nn1-c1c(C)cc(C(F)(F)F)cc1Cl. The van der Waals surface area contributed by atoms with Crippen LogP contribution in [0.4, 0.5) is 32.2 Å². The molecular weight excluding hydrogens is 518 g/mol. The fourth-order valence-corrected chi connectivity index (χ4v) is 4.33. The van der Waals surface area contributed by atoms with Crippen LogP contribution in [-0.2, 0) is 20.8 Å². The fourth-order valence-electron chi connectivity index (χ4n) is 2.94. The summed E-state index contributed by atoms with van der Waals surface area (Å²) in [6.45, 7) is 2.27. The largest absolute Gasteiger partial charge is 0.502 e. The van der Waals surface area contributed by atoms with Crippen LogP contribution in [0.1, 0.15) is 23.7 Å². The number of aliphatic hydroxyl groups is 1. The minimum Gasteiger partial charge on any atom is -0.377 e. The summed E-state index contributed by atoms with van der Waals surface area (Å²) in [5.74, 6) is -0.953. The zero-order chi connectivity index (χ0) is 26.2. The number of likely N-dealkylation sites (N-methyl/N-ethyl adjacent to an activating group) is 1. The smallest absolute Gasteiger partial charge is 0.377 e. The number of nitrogens with zero attached hydrogens (tertiary/aromatic N) is 4. The Labute approximate surface area is 194 Å². The number of rotatable bonds is 7. The summed E-state index contributed by atoms with van der Waals surface area (Å²) in [5, 5.41) is 22.6. The highest BCUT2D eigenvalue weighted by atomic mass is 35.5. The summed E-state index contributed by atoms with van der Waals surface area (Å²) in [5.41, 5.74) is -8.94. The van der Waals surface area contributed by atoms with Crippen molar-refractivity contribution in [3.05, 3.63) is 34.0 Å². The first kappa shape index (κ1) is 27.7. The molecule has 0 aliphatic rings. The van der Waals surface area contributed by atoms with Crippen LogP contribution in [-0.4, -0.2) is 55.3 Å². The summed E-state index contributed by atoms with van der Waals surface area (Å²) < 4.78 is 110. The molecule has 1 aromatic heterocycles. The van der Waals surface area contributed by atoms with Crippen molar-refractivity contribution in [2.75, 3.05) is 25.2 Å².